The van der Waals surface area contributed by atoms with Crippen LogP contribution in [-0.4, -0.2) is 64.7 Å². The molecule has 2 aromatic rings. The van der Waals surface area contributed by atoms with Crippen LogP contribution < -0.4 is 5.73 Å². The maximum Gasteiger partial charge on any atom is 0.272 e. The lowest BCUT2D eigenvalue weighted by Crippen LogP contribution is -2.67. The van der Waals surface area contributed by atoms with Gasteiger partial charge in [-0.2, -0.15) is 5.10 Å². The first-order chi connectivity index (χ1) is 12.5. The number of benzene rings is 1. The first-order valence-corrected chi connectivity index (χ1v) is 8.56. The number of amides is 2. The van der Waals surface area contributed by atoms with Crippen LogP contribution in [0, 0.1) is 0 Å². The van der Waals surface area contributed by atoms with E-state index in [0.717, 1.165) is 5.56 Å². The maximum absolute atomic E-state index is 12.7. The van der Waals surface area contributed by atoms with Gasteiger partial charge in [-0.15, -0.1) is 0 Å². The van der Waals surface area contributed by atoms with Crippen LogP contribution in [-0.2, 0) is 15.1 Å². The highest BCUT2D eigenvalue weighted by molar-refractivity contribution is 5.93. The lowest BCUT2D eigenvalue weighted by Gasteiger charge is -2.54. The predicted molar refractivity (Wildman–Crippen MR) is 94.2 cm³/mol. The van der Waals surface area contributed by atoms with Crippen LogP contribution in [0.4, 0.5) is 5.82 Å². The molecule has 4 rings (SSSR count). The number of nitrogen functional groups attached to an aromatic ring is 1. The van der Waals surface area contributed by atoms with E-state index in [1.807, 2.05) is 37.4 Å². The number of morpholine rings is 1. The number of aromatic amines is 1. The Morgan fingerprint density at radius 3 is 2.85 bits per heavy atom. The number of hydrogen-bond donors (Lipinski definition) is 2. The number of fused-ring (bicyclic) bond motifs is 1. The normalized spacial score (nSPS) is 25.9. The van der Waals surface area contributed by atoms with Gasteiger partial charge in [0.15, 0.2) is 0 Å². The summed E-state index contributed by atoms with van der Waals surface area (Å²) in [5, 5.41) is 6.48. The molecule has 0 aliphatic carbocycles. The van der Waals surface area contributed by atoms with Gasteiger partial charge >= 0.3 is 0 Å². The third-order valence-electron chi connectivity index (χ3n) is 5.45. The highest BCUT2D eigenvalue weighted by Gasteiger charge is 2.53. The molecule has 3 heterocycles. The molecule has 2 saturated heterocycles. The standard InChI is InChI=1S/C18H21N5O3/c1-22-16(24)11-26-14-10-23(17(25)13-9-15(19)21-20-13)8-7-18(14,22)12-5-3-2-4-6-12/h2-6,9,14H,7-8,10-11H2,1H3,(H3,19,20,21)/t14-,18+/m1/s1. The molecule has 2 aliphatic heterocycles. The van der Waals surface area contributed by atoms with Gasteiger partial charge in [0.2, 0.25) is 5.91 Å². The number of aromatic nitrogens is 2. The predicted octanol–water partition coefficient (Wildman–Crippen LogP) is 0.591. The summed E-state index contributed by atoms with van der Waals surface area (Å²) < 4.78 is 5.91. The molecule has 1 aromatic heterocycles. The van der Waals surface area contributed by atoms with Crippen molar-refractivity contribution in [3.05, 3.63) is 47.7 Å². The second-order valence-electron chi connectivity index (χ2n) is 6.75. The van der Waals surface area contributed by atoms with Crippen LogP contribution in [0.1, 0.15) is 22.5 Å². The Labute approximate surface area is 150 Å². The number of anilines is 1. The van der Waals surface area contributed by atoms with E-state index in [1.165, 1.54) is 6.07 Å². The highest BCUT2D eigenvalue weighted by Crippen LogP contribution is 2.42. The topological polar surface area (TPSA) is 105 Å². The zero-order valence-electron chi connectivity index (χ0n) is 14.5. The van der Waals surface area contributed by atoms with Crippen LogP contribution in [0.5, 0.6) is 0 Å². The number of nitrogens with two attached hydrogens (primary N) is 1. The number of ether oxygens (including phenoxy) is 1. The van der Waals surface area contributed by atoms with Crippen molar-refractivity contribution in [2.75, 3.05) is 32.5 Å². The molecule has 2 aliphatic rings. The third kappa shape index (κ3) is 2.45. The number of carbonyl (C=O) groups excluding carboxylic acids is 2. The molecule has 0 radical (unpaired) electrons. The van der Waals surface area contributed by atoms with E-state index in [-0.39, 0.29) is 30.3 Å². The van der Waals surface area contributed by atoms with Crippen molar-refractivity contribution in [3.8, 4) is 0 Å². The molecule has 0 bridgehead atoms. The number of likely N-dealkylation sites (N-methyl/N-ethyl adjacent to an activating group) is 1. The molecule has 8 nitrogen and oxygen atoms in total. The lowest BCUT2D eigenvalue weighted by molar-refractivity contribution is -0.180. The van der Waals surface area contributed by atoms with Gasteiger partial charge in [0, 0.05) is 26.2 Å². The van der Waals surface area contributed by atoms with Crippen molar-refractivity contribution in [1.82, 2.24) is 20.0 Å². The van der Waals surface area contributed by atoms with E-state index >= 15 is 0 Å². The number of rotatable bonds is 2. The zero-order chi connectivity index (χ0) is 18.3. The van der Waals surface area contributed by atoms with Crippen molar-refractivity contribution in [2.24, 2.45) is 0 Å². The number of hydrogen-bond acceptors (Lipinski definition) is 5. The Hall–Kier alpha value is -2.87. The second-order valence-corrected chi connectivity index (χ2v) is 6.75. The quantitative estimate of drug-likeness (QED) is 0.820. The number of nitrogens with zero attached hydrogens (tertiary/aromatic N) is 3. The molecule has 1 aromatic carbocycles. The van der Waals surface area contributed by atoms with Crippen LogP contribution in [0.2, 0.25) is 0 Å². The van der Waals surface area contributed by atoms with Gasteiger partial charge in [0.1, 0.15) is 24.2 Å². The number of H-pyrrole nitrogens is 1. The zero-order valence-corrected chi connectivity index (χ0v) is 14.5. The Balaban J connectivity index is 1.65. The van der Waals surface area contributed by atoms with Crippen molar-refractivity contribution in [1.29, 1.82) is 0 Å². The fourth-order valence-electron chi connectivity index (χ4n) is 4.03. The third-order valence-corrected chi connectivity index (χ3v) is 5.45. The number of nitrogens with one attached hydrogen (secondary N) is 1. The van der Waals surface area contributed by atoms with Crippen LogP contribution in [0.25, 0.3) is 0 Å². The van der Waals surface area contributed by atoms with Crippen molar-refractivity contribution < 1.29 is 14.3 Å². The molecular formula is C18H21N5O3. The molecule has 26 heavy (non-hydrogen) atoms. The van der Waals surface area contributed by atoms with Crippen molar-refractivity contribution in [3.63, 3.8) is 0 Å². The highest BCUT2D eigenvalue weighted by atomic mass is 16.5. The van der Waals surface area contributed by atoms with Crippen LogP contribution in [0.3, 0.4) is 0 Å². The minimum atomic E-state index is -0.569. The fraction of sp³-hybridized carbons (Fsp3) is 0.389. The minimum absolute atomic E-state index is 0.0226. The average molecular weight is 355 g/mol. The van der Waals surface area contributed by atoms with E-state index in [4.69, 9.17) is 10.5 Å². The Morgan fingerprint density at radius 1 is 1.38 bits per heavy atom. The first-order valence-electron chi connectivity index (χ1n) is 8.56. The second kappa shape index (κ2) is 6.14. The van der Waals surface area contributed by atoms with Crippen LogP contribution in [0.15, 0.2) is 36.4 Å². The summed E-state index contributed by atoms with van der Waals surface area (Å²) in [6, 6.07) is 11.4. The summed E-state index contributed by atoms with van der Waals surface area (Å²) in [6.45, 7) is 0.920. The van der Waals surface area contributed by atoms with E-state index in [0.29, 0.717) is 25.2 Å². The molecule has 136 valence electrons. The molecule has 0 spiro atoms. The molecule has 0 unspecified atom stereocenters. The fourth-order valence-corrected chi connectivity index (χ4v) is 4.03. The SMILES string of the molecule is CN1C(=O)CO[C@@H]2CN(C(=O)c3cc(N)n[nH]3)CC[C@]21c1ccccc1. The largest absolute Gasteiger partial charge is 0.382 e. The van der Waals surface area contributed by atoms with Crippen LogP contribution >= 0.6 is 0 Å². The molecule has 2 atom stereocenters. The van der Waals surface area contributed by atoms with Gasteiger partial charge < -0.3 is 20.3 Å². The molecule has 2 fully saturated rings. The summed E-state index contributed by atoms with van der Waals surface area (Å²) in [7, 11) is 1.82. The lowest BCUT2D eigenvalue weighted by atomic mass is 9.76. The molecule has 0 saturated carbocycles. The van der Waals surface area contributed by atoms with Gasteiger partial charge in [0.05, 0.1) is 5.54 Å². The van der Waals surface area contributed by atoms with Gasteiger partial charge in [-0.25, -0.2) is 0 Å². The summed E-state index contributed by atoms with van der Waals surface area (Å²) in [6.07, 6.45) is 0.296. The van der Waals surface area contributed by atoms with Crippen molar-refractivity contribution >= 4 is 17.6 Å². The monoisotopic (exact) mass is 355 g/mol. The molecule has 2 amide bonds. The van der Waals surface area contributed by atoms with E-state index in [9.17, 15) is 9.59 Å². The number of piperidine rings is 1. The van der Waals surface area contributed by atoms with Gasteiger partial charge in [-0.3, -0.25) is 14.7 Å². The van der Waals surface area contributed by atoms with E-state index in [2.05, 4.69) is 10.2 Å². The van der Waals surface area contributed by atoms with Gasteiger partial charge in [-0.05, 0) is 12.0 Å². The van der Waals surface area contributed by atoms with E-state index in [1.54, 1.807) is 9.80 Å². The number of carbonyl (C=O) groups is 2. The smallest absolute Gasteiger partial charge is 0.272 e. The molecule has 8 heteroatoms. The van der Waals surface area contributed by atoms with Gasteiger partial charge in [0.25, 0.3) is 5.91 Å². The van der Waals surface area contributed by atoms with Gasteiger partial charge in [-0.1, -0.05) is 30.3 Å². The first kappa shape index (κ1) is 16.6. The molecule has 3 N–H and O–H groups in total. The maximum atomic E-state index is 12.7. The number of likely N-dealkylation sites (tertiary alicyclic amines) is 1. The minimum Gasteiger partial charge on any atom is -0.382 e. The summed E-state index contributed by atoms with van der Waals surface area (Å²) in [5.74, 6) is 0.0634. The molecular weight excluding hydrogens is 334 g/mol. The Kier molecular flexibility index (Phi) is 3.91. The Morgan fingerprint density at radius 2 is 2.15 bits per heavy atom. The van der Waals surface area contributed by atoms with Crippen molar-refractivity contribution in [2.45, 2.75) is 18.1 Å². The van der Waals surface area contributed by atoms with E-state index < -0.39 is 5.54 Å². The Bertz CT molecular complexity index is 836. The average Bonchev–Trinajstić information content (AvgIpc) is 3.11. The summed E-state index contributed by atoms with van der Waals surface area (Å²) in [4.78, 5) is 28.6. The summed E-state index contributed by atoms with van der Waals surface area (Å²) in [5.41, 5.74) is 6.41. The summed E-state index contributed by atoms with van der Waals surface area (Å²) >= 11 is 0.